The number of hydrogen-bond acceptors (Lipinski definition) is 3. The topological polar surface area (TPSA) is 47.4 Å². The molecule has 1 aliphatic rings. The number of carbonyl (C=O) groups is 1. The van der Waals surface area contributed by atoms with Crippen LogP contribution < -0.4 is 0 Å². The van der Waals surface area contributed by atoms with Gasteiger partial charge in [-0.05, 0) is 27.7 Å². The minimum Gasteiger partial charge on any atom is -0.359 e. The quantitative estimate of drug-likeness (QED) is 0.834. The summed E-state index contributed by atoms with van der Waals surface area (Å²) >= 11 is 0. The van der Waals surface area contributed by atoms with Gasteiger partial charge in [-0.1, -0.05) is 0 Å². The number of carbonyl (C=O) groups excluding carboxylic acids is 1. The van der Waals surface area contributed by atoms with Crippen molar-refractivity contribution in [3.8, 4) is 0 Å². The van der Waals surface area contributed by atoms with Crippen molar-refractivity contribution >= 4 is 5.91 Å². The van der Waals surface area contributed by atoms with Crippen LogP contribution >= 0.6 is 0 Å². The summed E-state index contributed by atoms with van der Waals surface area (Å²) in [6.45, 7) is 6.12. The van der Waals surface area contributed by atoms with E-state index in [1.54, 1.807) is 51.8 Å². The van der Waals surface area contributed by atoms with E-state index in [9.17, 15) is 18.0 Å². The second-order valence-electron chi connectivity index (χ2n) is 7.12. The fraction of sp³-hybridized carbons (Fsp3) is 0.733. The average Bonchev–Trinajstić information content (AvgIpc) is 2.82. The standard InChI is InChI=1S/C15H22F3N3O2/c1-13(2)9-21(8-11(23-13)15(16,17)18)12(22)14(3,4)10-6-19-20(5)7-10/h6-7,11H,8-9H2,1-5H3. The van der Waals surface area contributed by atoms with Gasteiger partial charge in [0.2, 0.25) is 5.91 Å². The molecule has 1 fully saturated rings. The minimum atomic E-state index is -4.51. The number of rotatable bonds is 2. The molecule has 1 amide bonds. The van der Waals surface area contributed by atoms with Gasteiger partial charge in [0.25, 0.3) is 0 Å². The molecular weight excluding hydrogens is 311 g/mol. The van der Waals surface area contributed by atoms with Crippen molar-refractivity contribution in [1.82, 2.24) is 14.7 Å². The van der Waals surface area contributed by atoms with E-state index >= 15 is 0 Å². The molecule has 0 aliphatic carbocycles. The highest BCUT2D eigenvalue weighted by Crippen LogP contribution is 2.34. The molecule has 1 atom stereocenters. The SMILES string of the molecule is Cn1cc(C(C)(C)C(=O)N2CC(C(F)(F)F)OC(C)(C)C2)cn1. The summed E-state index contributed by atoms with van der Waals surface area (Å²) < 4.78 is 45.9. The van der Waals surface area contributed by atoms with Gasteiger partial charge in [-0.15, -0.1) is 0 Å². The van der Waals surface area contributed by atoms with Crippen molar-refractivity contribution in [2.75, 3.05) is 13.1 Å². The number of aromatic nitrogens is 2. The van der Waals surface area contributed by atoms with Crippen molar-refractivity contribution in [3.05, 3.63) is 18.0 Å². The molecule has 2 rings (SSSR count). The zero-order chi connectivity index (χ0) is 17.6. The summed E-state index contributed by atoms with van der Waals surface area (Å²) in [6.07, 6.45) is -3.22. The number of nitrogens with zero attached hydrogens (tertiary/aromatic N) is 3. The maximum Gasteiger partial charge on any atom is 0.416 e. The maximum atomic E-state index is 13.1. The molecule has 1 aromatic rings. The molecular formula is C15H22F3N3O2. The van der Waals surface area contributed by atoms with E-state index < -0.39 is 29.8 Å². The molecule has 130 valence electrons. The third-order valence-electron chi connectivity index (χ3n) is 4.03. The van der Waals surface area contributed by atoms with Crippen LogP contribution in [0.5, 0.6) is 0 Å². The highest BCUT2D eigenvalue weighted by molar-refractivity contribution is 5.87. The second-order valence-corrected chi connectivity index (χ2v) is 7.12. The minimum absolute atomic E-state index is 0.113. The van der Waals surface area contributed by atoms with E-state index in [1.165, 1.54) is 4.90 Å². The molecule has 1 aromatic heterocycles. The van der Waals surface area contributed by atoms with Gasteiger partial charge in [-0.3, -0.25) is 9.48 Å². The van der Waals surface area contributed by atoms with Gasteiger partial charge in [0.05, 0.1) is 23.8 Å². The fourth-order valence-corrected chi connectivity index (χ4v) is 2.77. The van der Waals surface area contributed by atoms with Gasteiger partial charge in [0.1, 0.15) is 0 Å². The van der Waals surface area contributed by atoms with Gasteiger partial charge < -0.3 is 9.64 Å². The van der Waals surface area contributed by atoms with Crippen LogP contribution in [-0.4, -0.2) is 51.6 Å². The fourth-order valence-electron chi connectivity index (χ4n) is 2.77. The number of halogens is 3. The molecule has 1 unspecified atom stereocenters. The summed E-state index contributed by atoms with van der Waals surface area (Å²) in [5.41, 5.74) is -1.35. The predicted octanol–water partition coefficient (Wildman–Crippen LogP) is 2.27. The summed E-state index contributed by atoms with van der Waals surface area (Å²) in [5.74, 6) is -0.365. The normalized spacial score (nSPS) is 22.3. The lowest BCUT2D eigenvalue weighted by Crippen LogP contribution is -2.60. The smallest absolute Gasteiger partial charge is 0.359 e. The van der Waals surface area contributed by atoms with Crippen molar-refractivity contribution in [2.45, 2.75) is 51.0 Å². The van der Waals surface area contributed by atoms with E-state index in [0.29, 0.717) is 5.56 Å². The summed E-state index contributed by atoms with van der Waals surface area (Å²) in [4.78, 5) is 14.1. The molecule has 1 aliphatic heterocycles. The highest BCUT2D eigenvalue weighted by Gasteiger charge is 2.50. The Morgan fingerprint density at radius 1 is 1.39 bits per heavy atom. The number of morpholine rings is 1. The Morgan fingerprint density at radius 2 is 2.00 bits per heavy atom. The molecule has 1 saturated heterocycles. The van der Waals surface area contributed by atoms with Gasteiger partial charge in [0, 0.05) is 25.4 Å². The molecule has 5 nitrogen and oxygen atoms in total. The van der Waals surface area contributed by atoms with Crippen molar-refractivity contribution < 1.29 is 22.7 Å². The van der Waals surface area contributed by atoms with E-state index in [4.69, 9.17) is 4.74 Å². The van der Waals surface area contributed by atoms with Crippen molar-refractivity contribution in [3.63, 3.8) is 0 Å². The first-order chi connectivity index (χ1) is 10.3. The lowest BCUT2D eigenvalue weighted by molar-refractivity contribution is -0.270. The van der Waals surface area contributed by atoms with Crippen LogP contribution in [0.3, 0.4) is 0 Å². The number of alkyl halides is 3. The zero-order valence-corrected chi connectivity index (χ0v) is 13.9. The average molecular weight is 333 g/mol. The first-order valence-electron chi connectivity index (χ1n) is 7.36. The third-order valence-corrected chi connectivity index (χ3v) is 4.03. The van der Waals surface area contributed by atoms with Gasteiger partial charge in [-0.25, -0.2) is 0 Å². The van der Waals surface area contributed by atoms with Crippen molar-refractivity contribution in [1.29, 1.82) is 0 Å². The number of amides is 1. The first kappa shape index (κ1) is 17.8. The summed E-state index contributed by atoms with van der Waals surface area (Å²) in [6, 6.07) is 0. The molecule has 0 bridgehead atoms. The van der Waals surface area contributed by atoms with Crippen LogP contribution in [-0.2, 0) is 22.0 Å². The van der Waals surface area contributed by atoms with Crippen LogP contribution in [0.25, 0.3) is 0 Å². The molecule has 0 radical (unpaired) electrons. The van der Waals surface area contributed by atoms with E-state index in [1.807, 2.05) is 0 Å². The predicted molar refractivity (Wildman–Crippen MR) is 77.8 cm³/mol. The number of hydrogen-bond donors (Lipinski definition) is 0. The van der Waals surface area contributed by atoms with Crippen LogP contribution in [0.2, 0.25) is 0 Å². The summed E-state index contributed by atoms with van der Waals surface area (Å²) in [5, 5.41) is 4.03. The van der Waals surface area contributed by atoms with Gasteiger partial charge >= 0.3 is 6.18 Å². The Bertz CT molecular complexity index is 593. The molecule has 0 aromatic carbocycles. The van der Waals surface area contributed by atoms with Crippen LogP contribution in [0.4, 0.5) is 13.2 Å². The van der Waals surface area contributed by atoms with E-state index in [2.05, 4.69) is 5.10 Å². The van der Waals surface area contributed by atoms with Gasteiger partial charge in [-0.2, -0.15) is 18.3 Å². The van der Waals surface area contributed by atoms with Crippen LogP contribution in [0.15, 0.2) is 12.4 Å². The Labute approximate surface area is 133 Å². The second kappa shape index (κ2) is 5.51. The third kappa shape index (κ3) is 3.68. The Hall–Kier alpha value is -1.57. The lowest BCUT2D eigenvalue weighted by Gasteiger charge is -2.45. The molecule has 0 spiro atoms. The molecule has 0 saturated carbocycles. The first-order valence-corrected chi connectivity index (χ1v) is 7.36. The lowest BCUT2D eigenvalue weighted by atomic mass is 9.84. The Balaban J connectivity index is 2.27. The van der Waals surface area contributed by atoms with Crippen LogP contribution in [0, 0.1) is 0 Å². The van der Waals surface area contributed by atoms with Crippen molar-refractivity contribution in [2.24, 2.45) is 7.05 Å². The Kier molecular flexibility index (Phi) is 4.26. The number of aryl methyl sites for hydroxylation is 1. The largest absolute Gasteiger partial charge is 0.416 e. The zero-order valence-electron chi connectivity index (χ0n) is 13.9. The monoisotopic (exact) mass is 333 g/mol. The maximum absolute atomic E-state index is 13.1. The molecule has 2 heterocycles. The van der Waals surface area contributed by atoms with E-state index in [0.717, 1.165) is 0 Å². The van der Waals surface area contributed by atoms with Crippen LogP contribution in [0.1, 0.15) is 33.3 Å². The Morgan fingerprint density at radius 3 is 2.48 bits per heavy atom. The highest BCUT2D eigenvalue weighted by atomic mass is 19.4. The van der Waals surface area contributed by atoms with Gasteiger partial charge in [0.15, 0.2) is 6.10 Å². The molecule has 8 heteroatoms. The molecule has 0 N–H and O–H groups in total. The summed E-state index contributed by atoms with van der Waals surface area (Å²) in [7, 11) is 1.72. The molecule has 23 heavy (non-hydrogen) atoms. The van der Waals surface area contributed by atoms with E-state index in [-0.39, 0.29) is 12.5 Å². The number of ether oxygens (including phenoxy) is 1.